The molecule has 0 spiro atoms. The molecule has 2 aromatic rings. The molecule has 3 nitrogen and oxygen atoms in total. The molecule has 0 amide bonds. The summed E-state index contributed by atoms with van der Waals surface area (Å²) in [5, 5.41) is 9.60. The SMILES string of the molecule is N#Cc1c(-c2ccc(F)cc2)cc(N2CCCCCC2)nc1Cl. The molecule has 0 unspecified atom stereocenters. The summed E-state index contributed by atoms with van der Waals surface area (Å²) in [5.41, 5.74) is 1.80. The van der Waals surface area contributed by atoms with Gasteiger partial charge in [-0.1, -0.05) is 36.6 Å². The summed E-state index contributed by atoms with van der Waals surface area (Å²) >= 11 is 6.24. The summed E-state index contributed by atoms with van der Waals surface area (Å²) in [6.45, 7) is 1.89. The lowest BCUT2D eigenvalue weighted by atomic mass is 10.0. The highest BCUT2D eigenvalue weighted by Crippen LogP contribution is 2.32. The van der Waals surface area contributed by atoms with Gasteiger partial charge in [0.25, 0.3) is 0 Å². The van der Waals surface area contributed by atoms with Crippen LogP contribution < -0.4 is 4.90 Å². The van der Waals surface area contributed by atoms with Crippen LogP contribution in [0.5, 0.6) is 0 Å². The Morgan fingerprint density at radius 1 is 1.09 bits per heavy atom. The van der Waals surface area contributed by atoms with Gasteiger partial charge < -0.3 is 4.90 Å². The van der Waals surface area contributed by atoms with Crippen LogP contribution in [0.3, 0.4) is 0 Å². The second kappa shape index (κ2) is 6.97. The maximum absolute atomic E-state index is 13.2. The molecular formula is C18H17ClFN3. The lowest BCUT2D eigenvalue weighted by Gasteiger charge is -2.22. The maximum Gasteiger partial charge on any atom is 0.149 e. The van der Waals surface area contributed by atoms with E-state index in [4.69, 9.17) is 11.6 Å². The van der Waals surface area contributed by atoms with E-state index in [1.807, 2.05) is 6.07 Å². The molecule has 1 aliphatic heterocycles. The fourth-order valence-corrected chi connectivity index (χ4v) is 3.16. The molecular weight excluding hydrogens is 313 g/mol. The van der Waals surface area contributed by atoms with E-state index in [2.05, 4.69) is 16.0 Å². The Kier molecular flexibility index (Phi) is 4.78. The second-order valence-corrected chi connectivity index (χ2v) is 6.07. The molecule has 2 heterocycles. The normalized spacial score (nSPS) is 15.1. The number of halogens is 2. The van der Waals surface area contributed by atoms with Crippen LogP contribution >= 0.6 is 11.6 Å². The van der Waals surface area contributed by atoms with Crippen molar-refractivity contribution in [1.29, 1.82) is 5.26 Å². The number of benzene rings is 1. The summed E-state index contributed by atoms with van der Waals surface area (Å²) in [7, 11) is 0. The first-order chi connectivity index (χ1) is 11.2. The van der Waals surface area contributed by atoms with Crippen molar-refractivity contribution in [3.05, 3.63) is 46.9 Å². The number of aromatic nitrogens is 1. The number of rotatable bonds is 2. The lowest BCUT2D eigenvalue weighted by Crippen LogP contribution is -2.25. The average molecular weight is 330 g/mol. The highest BCUT2D eigenvalue weighted by molar-refractivity contribution is 6.31. The van der Waals surface area contributed by atoms with Gasteiger partial charge in [0, 0.05) is 18.7 Å². The molecule has 0 bridgehead atoms. The molecule has 1 aromatic carbocycles. The van der Waals surface area contributed by atoms with Gasteiger partial charge in [-0.3, -0.25) is 0 Å². The van der Waals surface area contributed by atoms with Gasteiger partial charge in [-0.15, -0.1) is 0 Å². The van der Waals surface area contributed by atoms with Gasteiger partial charge in [0.15, 0.2) is 0 Å². The Morgan fingerprint density at radius 3 is 2.35 bits per heavy atom. The van der Waals surface area contributed by atoms with E-state index in [1.54, 1.807) is 12.1 Å². The van der Waals surface area contributed by atoms with Crippen LogP contribution in [0.4, 0.5) is 10.2 Å². The van der Waals surface area contributed by atoms with E-state index in [0.717, 1.165) is 37.3 Å². The van der Waals surface area contributed by atoms with Crippen LogP contribution in [0.15, 0.2) is 30.3 Å². The molecule has 118 valence electrons. The van der Waals surface area contributed by atoms with E-state index >= 15 is 0 Å². The molecule has 5 heteroatoms. The number of nitrogens with zero attached hydrogens (tertiary/aromatic N) is 3. The molecule has 0 N–H and O–H groups in total. The van der Waals surface area contributed by atoms with E-state index in [-0.39, 0.29) is 11.0 Å². The summed E-state index contributed by atoms with van der Waals surface area (Å²) in [6.07, 6.45) is 4.72. The van der Waals surface area contributed by atoms with Gasteiger partial charge in [-0.25, -0.2) is 9.37 Å². The van der Waals surface area contributed by atoms with Crippen LogP contribution in [-0.4, -0.2) is 18.1 Å². The molecule has 3 rings (SSSR count). The highest BCUT2D eigenvalue weighted by Gasteiger charge is 2.17. The first-order valence-corrected chi connectivity index (χ1v) is 8.18. The van der Waals surface area contributed by atoms with Crippen molar-refractivity contribution in [3.8, 4) is 17.2 Å². The van der Waals surface area contributed by atoms with Crippen LogP contribution in [-0.2, 0) is 0 Å². The molecule has 0 saturated carbocycles. The minimum atomic E-state index is -0.305. The Hall–Kier alpha value is -2.12. The minimum Gasteiger partial charge on any atom is -0.357 e. The third kappa shape index (κ3) is 3.46. The third-order valence-corrected chi connectivity index (χ3v) is 4.43. The van der Waals surface area contributed by atoms with E-state index in [0.29, 0.717) is 11.1 Å². The number of anilines is 1. The fourth-order valence-electron chi connectivity index (χ4n) is 2.93. The van der Waals surface area contributed by atoms with Crippen LogP contribution in [0.2, 0.25) is 5.15 Å². The Morgan fingerprint density at radius 2 is 1.74 bits per heavy atom. The Balaban J connectivity index is 2.06. The zero-order chi connectivity index (χ0) is 16.2. The Bertz CT molecular complexity index is 729. The molecule has 1 saturated heterocycles. The van der Waals surface area contributed by atoms with Crippen LogP contribution in [0.1, 0.15) is 31.2 Å². The van der Waals surface area contributed by atoms with Crippen molar-refractivity contribution < 1.29 is 4.39 Å². The van der Waals surface area contributed by atoms with Crippen molar-refractivity contribution in [3.63, 3.8) is 0 Å². The summed E-state index contributed by atoms with van der Waals surface area (Å²) in [6, 6.07) is 10.1. The second-order valence-electron chi connectivity index (χ2n) is 5.71. The van der Waals surface area contributed by atoms with Gasteiger partial charge in [-0.2, -0.15) is 5.26 Å². The monoisotopic (exact) mass is 329 g/mol. The van der Waals surface area contributed by atoms with E-state index < -0.39 is 0 Å². The number of nitriles is 1. The Labute approximate surface area is 140 Å². The first kappa shape index (κ1) is 15.8. The van der Waals surface area contributed by atoms with Gasteiger partial charge in [-0.05, 0) is 36.6 Å². The van der Waals surface area contributed by atoms with Gasteiger partial charge in [0.05, 0.1) is 5.56 Å². The van der Waals surface area contributed by atoms with Gasteiger partial charge in [0.1, 0.15) is 22.9 Å². The third-order valence-electron chi connectivity index (χ3n) is 4.16. The smallest absolute Gasteiger partial charge is 0.149 e. The molecule has 23 heavy (non-hydrogen) atoms. The molecule has 1 aliphatic rings. The predicted molar refractivity (Wildman–Crippen MR) is 90.0 cm³/mol. The topological polar surface area (TPSA) is 39.9 Å². The standard InChI is InChI=1S/C18H17ClFN3/c19-18-16(12-21)15(13-5-7-14(20)8-6-13)11-17(22-18)23-9-3-1-2-4-10-23/h5-8,11H,1-4,9-10H2. The van der Waals surface area contributed by atoms with Crippen LogP contribution in [0.25, 0.3) is 11.1 Å². The largest absolute Gasteiger partial charge is 0.357 e. The average Bonchev–Trinajstić information content (AvgIpc) is 2.84. The van der Waals surface area contributed by atoms with Crippen molar-refractivity contribution in [2.75, 3.05) is 18.0 Å². The highest BCUT2D eigenvalue weighted by atomic mass is 35.5. The molecule has 0 aliphatic carbocycles. The molecule has 0 atom stereocenters. The van der Waals surface area contributed by atoms with Gasteiger partial charge >= 0.3 is 0 Å². The fraction of sp³-hybridized carbons (Fsp3) is 0.333. The quantitative estimate of drug-likeness (QED) is 0.743. The molecule has 0 radical (unpaired) electrons. The number of pyridine rings is 1. The van der Waals surface area contributed by atoms with Crippen LogP contribution in [0, 0.1) is 17.1 Å². The van der Waals surface area contributed by atoms with Crippen molar-refractivity contribution >= 4 is 17.4 Å². The molecule has 1 fully saturated rings. The first-order valence-electron chi connectivity index (χ1n) is 7.80. The van der Waals surface area contributed by atoms with E-state index in [9.17, 15) is 9.65 Å². The number of hydrogen-bond donors (Lipinski definition) is 0. The maximum atomic E-state index is 13.2. The molecule has 1 aromatic heterocycles. The minimum absolute atomic E-state index is 0.202. The number of hydrogen-bond acceptors (Lipinski definition) is 3. The van der Waals surface area contributed by atoms with Gasteiger partial charge in [0.2, 0.25) is 0 Å². The van der Waals surface area contributed by atoms with Crippen molar-refractivity contribution in [2.45, 2.75) is 25.7 Å². The summed E-state index contributed by atoms with van der Waals surface area (Å²) in [4.78, 5) is 6.62. The van der Waals surface area contributed by atoms with Crippen molar-refractivity contribution in [1.82, 2.24) is 4.98 Å². The van der Waals surface area contributed by atoms with Crippen molar-refractivity contribution in [2.24, 2.45) is 0 Å². The summed E-state index contributed by atoms with van der Waals surface area (Å²) in [5.74, 6) is 0.482. The predicted octanol–water partition coefficient (Wildman–Crippen LogP) is 4.79. The lowest BCUT2D eigenvalue weighted by molar-refractivity contribution is 0.628. The summed E-state index contributed by atoms with van der Waals surface area (Å²) < 4.78 is 13.2. The van der Waals surface area contributed by atoms with E-state index in [1.165, 1.54) is 25.0 Å². The zero-order valence-electron chi connectivity index (χ0n) is 12.7. The zero-order valence-corrected chi connectivity index (χ0v) is 13.5.